The van der Waals surface area contributed by atoms with Crippen molar-refractivity contribution in [2.24, 2.45) is 4.74 Å². The van der Waals surface area contributed by atoms with Gasteiger partial charge in [0.2, 0.25) is 0 Å². The molecule has 0 aliphatic carbocycles. The van der Waals surface area contributed by atoms with Gasteiger partial charge in [-0.3, -0.25) is 0 Å². The molecular formula is C8H7N4P. The van der Waals surface area contributed by atoms with Crippen LogP contribution in [0.5, 0.6) is 0 Å². The van der Waals surface area contributed by atoms with E-state index in [0.29, 0.717) is 11.5 Å². The van der Waals surface area contributed by atoms with E-state index in [0.717, 1.165) is 10.9 Å². The van der Waals surface area contributed by atoms with Crippen molar-refractivity contribution in [1.82, 2.24) is 9.97 Å². The summed E-state index contributed by atoms with van der Waals surface area (Å²) >= 11 is 0. The van der Waals surface area contributed by atoms with Crippen molar-refractivity contribution in [2.45, 2.75) is 0 Å². The van der Waals surface area contributed by atoms with E-state index in [2.05, 4.69) is 23.7 Å². The Morgan fingerprint density at radius 2 is 2.15 bits per heavy atom. The van der Waals surface area contributed by atoms with Crippen LogP contribution in [0.4, 0.5) is 11.5 Å². The molecule has 4 nitrogen and oxygen atoms in total. The highest BCUT2D eigenvalue weighted by molar-refractivity contribution is 7.04. The molecule has 2 aromatic rings. The van der Waals surface area contributed by atoms with Crippen LogP contribution in [0.3, 0.4) is 0 Å². The molecule has 0 saturated heterocycles. The lowest BCUT2D eigenvalue weighted by Gasteiger charge is -1.99. The number of nitrogens with zero attached hydrogens (tertiary/aromatic N) is 3. The van der Waals surface area contributed by atoms with Crippen LogP contribution < -0.4 is 5.73 Å². The molecule has 0 unspecified atom stereocenters. The number of nitrogen functional groups attached to an aromatic ring is 1. The summed E-state index contributed by atoms with van der Waals surface area (Å²) < 4.78 is 3.84. The summed E-state index contributed by atoms with van der Waals surface area (Å²) in [4.78, 5) is 8.07. The third kappa shape index (κ3) is 1.36. The molecular weight excluding hydrogens is 183 g/mol. The first-order valence-electron chi connectivity index (χ1n) is 3.69. The number of fused-ring (bicyclic) bond motifs is 1. The van der Waals surface area contributed by atoms with Gasteiger partial charge in [-0.25, -0.2) is 14.7 Å². The van der Waals surface area contributed by atoms with E-state index < -0.39 is 0 Å². The third-order valence-corrected chi connectivity index (χ3v) is 1.96. The van der Waals surface area contributed by atoms with E-state index in [4.69, 9.17) is 5.73 Å². The summed E-state index contributed by atoms with van der Waals surface area (Å²) in [6, 6.07) is 5.44. The van der Waals surface area contributed by atoms with Crippen molar-refractivity contribution >= 4 is 31.4 Å². The molecule has 0 saturated carbocycles. The van der Waals surface area contributed by atoms with Gasteiger partial charge >= 0.3 is 0 Å². The molecule has 64 valence electrons. The minimum absolute atomic E-state index is 0.613. The van der Waals surface area contributed by atoms with E-state index in [9.17, 15) is 0 Å². The Bertz CT molecular complexity index is 469. The summed E-state index contributed by atoms with van der Waals surface area (Å²) in [6.07, 6.45) is 1.46. The second-order valence-electron chi connectivity index (χ2n) is 2.59. The number of anilines is 1. The van der Waals surface area contributed by atoms with Crippen molar-refractivity contribution in [2.75, 3.05) is 5.73 Å². The maximum absolute atomic E-state index is 5.61. The fourth-order valence-electron chi connectivity index (χ4n) is 1.15. The quantitative estimate of drug-likeness (QED) is 0.553. The number of aromatic nitrogens is 2. The highest BCUT2D eigenvalue weighted by Crippen LogP contribution is 2.23. The van der Waals surface area contributed by atoms with Gasteiger partial charge in [-0.1, -0.05) is 0 Å². The number of nitrogens with two attached hydrogens (primary N) is 1. The van der Waals surface area contributed by atoms with E-state index in [1.54, 1.807) is 12.1 Å². The van der Waals surface area contributed by atoms with Gasteiger partial charge in [0.05, 0.1) is 5.52 Å². The molecule has 0 bridgehead atoms. The Hall–Kier alpha value is -1.54. The van der Waals surface area contributed by atoms with Gasteiger partial charge in [0.1, 0.15) is 6.33 Å². The summed E-state index contributed by atoms with van der Waals surface area (Å²) in [5.41, 5.74) is 7.10. The zero-order chi connectivity index (χ0) is 9.26. The van der Waals surface area contributed by atoms with Crippen LogP contribution >= 0.6 is 9.03 Å². The second kappa shape index (κ2) is 3.07. The first-order chi connectivity index (χ1) is 6.31. The highest BCUT2D eigenvalue weighted by Gasteiger charge is 2.00. The van der Waals surface area contributed by atoms with Gasteiger partial charge in [-0.05, 0) is 27.2 Å². The van der Waals surface area contributed by atoms with Gasteiger partial charge < -0.3 is 5.73 Å². The fourth-order valence-corrected chi connectivity index (χ4v) is 1.33. The second-order valence-corrected chi connectivity index (χ2v) is 2.81. The monoisotopic (exact) mass is 190 g/mol. The molecule has 1 heterocycles. The lowest BCUT2D eigenvalue weighted by atomic mass is 10.2. The van der Waals surface area contributed by atoms with E-state index >= 15 is 0 Å². The van der Waals surface area contributed by atoms with Crippen LogP contribution in [0.15, 0.2) is 29.3 Å². The Labute approximate surface area is 77.1 Å². The molecule has 0 spiro atoms. The molecule has 0 aliphatic rings. The Morgan fingerprint density at radius 3 is 2.92 bits per heavy atom. The summed E-state index contributed by atoms with van der Waals surface area (Å²) in [5.74, 6) is 0.613. The predicted octanol–water partition coefficient (Wildman–Crippen LogP) is 2.17. The average Bonchev–Trinajstić information content (AvgIpc) is 2.16. The van der Waals surface area contributed by atoms with Gasteiger partial charge in [0, 0.05) is 11.1 Å². The molecule has 2 rings (SSSR count). The SMILES string of the molecule is Nc1ccc2c(N=P)ncnc2c1. The predicted molar refractivity (Wildman–Crippen MR) is 54.4 cm³/mol. The minimum atomic E-state index is 0.613. The van der Waals surface area contributed by atoms with Crippen molar-refractivity contribution < 1.29 is 0 Å². The van der Waals surface area contributed by atoms with Gasteiger partial charge in [-0.15, -0.1) is 0 Å². The zero-order valence-electron chi connectivity index (χ0n) is 6.73. The molecule has 1 aromatic heterocycles. The topological polar surface area (TPSA) is 64.2 Å². The largest absolute Gasteiger partial charge is 0.399 e. The molecule has 1 aromatic carbocycles. The molecule has 5 heteroatoms. The van der Waals surface area contributed by atoms with Crippen LogP contribution in [0.2, 0.25) is 0 Å². The Balaban J connectivity index is 2.84. The first kappa shape index (κ1) is 8.08. The lowest BCUT2D eigenvalue weighted by molar-refractivity contribution is 1.21. The van der Waals surface area contributed by atoms with Crippen molar-refractivity contribution in [3.8, 4) is 0 Å². The van der Waals surface area contributed by atoms with Crippen molar-refractivity contribution in [3.63, 3.8) is 0 Å². The van der Waals surface area contributed by atoms with Crippen molar-refractivity contribution in [1.29, 1.82) is 0 Å². The van der Waals surface area contributed by atoms with Crippen molar-refractivity contribution in [3.05, 3.63) is 24.5 Å². The van der Waals surface area contributed by atoms with Crippen LogP contribution in [0.25, 0.3) is 10.9 Å². The number of hydrogen-bond acceptors (Lipinski definition) is 4. The maximum atomic E-state index is 5.61. The lowest BCUT2D eigenvalue weighted by Crippen LogP contribution is -1.87. The van der Waals surface area contributed by atoms with Crippen LogP contribution in [0, 0.1) is 0 Å². The van der Waals surface area contributed by atoms with Crippen LogP contribution in [-0.4, -0.2) is 9.97 Å². The maximum Gasteiger partial charge on any atom is 0.166 e. The smallest absolute Gasteiger partial charge is 0.166 e. The number of hydrogen-bond donors (Lipinski definition) is 1. The Morgan fingerprint density at radius 1 is 1.31 bits per heavy atom. The molecule has 0 aliphatic heterocycles. The van der Waals surface area contributed by atoms with Crippen LogP contribution in [-0.2, 0) is 0 Å². The van der Waals surface area contributed by atoms with E-state index in [1.807, 2.05) is 6.07 Å². The van der Waals surface area contributed by atoms with E-state index in [-0.39, 0.29) is 0 Å². The molecule has 0 radical (unpaired) electrons. The molecule has 0 atom stereocenters. The molecule has 0 amide bonds. The molecule has 0 fully saturated rings. The van der Waals surface area contributed by atoms with Gasteiger partial charge in [-0.2, -0.15) is 0 Å². The first-order valence-corrected chi connectivity index (χ1v) is 4.13. The number of benzene rings is 1. The van der Waals surface area contributed by atoms with Crippen LogP contribution in [0.1, 0.15) is 0 Å². The van der Waals surface area contributed by atoms with Gasteiger partial charge in [0.15, 0.2) is 5.82 Å². The van der Waals surface area contributed by atoms with E-state index in [1.165, 1.54) is 6.33 Å². The summed E-state index contributed by atoms with van der Waals surface area (Å²) in [6.45, 7) is 0. The zero-order valence-corrected chi connectivity index (χ0v) is 7.73. The average molecular weight is 190 g/mol. The Kier molecular flexibility index (Phi) is 1.91. The summed E-state index contributed by atoms with van der Waals surface area (Å²) in [7, 11) is 3.05. The normalized spacial score (nSPS) is 10.2. The van der Waals surface area contributed by atoms with Gasteiger partial charge in [0.25, 0.3) is 0 Å². The number of rotatable bonds is 1. The molecule has 2 N–H and O–H groups in total. The fraction of sp³-hybridized carbons (Fsp3) is 0. The summed E-state index contributed by atoms with van der Waals surface area (Å²) in [5, 5.41) is 0.881. The standard InChI is InChI=1S/C8H7N4P/c9-5-1-2-6-7(3-5)10-4-11-8(6)12-13/h1-4,13H,9H2. The third-order valence-electron chi connectivity index (χ3n) is 1.75. The molecule has 13 heavy (non-hydrogen) atoms. The highest BCUT2D eigenvalue weighted by atomic mass is 31.0. The minimum Gasteiger partial charge on any atom is -0.399 e.